The summed E-state index contributed by atoms with van der Waals surface area (Å²) in [7, 11) is 0. The Kier molecular flexibility index (Phi) is 4.43. The van der Waals surface area contributed by atoms with Crippen molar-refractivity contribution >= 4 is 5.78 Å². The first-order valence-corrected chi connectivity index (χ1v) is 5.18. The molecule has 0 saturated carbocycles. The number of hydrogen-bond acceptors (Lipinski definition) is 2. The van der Waals surface area contributed by atoms with E-state index in [1.54, 1.807) is 12.1 Å². The van der Waals surface area contributed by atoms with E-state index in [9.17, 15) is 9.18 Å². The Morgan fingerprint density at radius 2 is 2.13 bits per heavy atom. The van der Waals surface area contributed by atoms with Gasteiger partial charge in [-0.05, 0) is 18.6 Å². The molecule has 0 radical (unpaired) electrons. The molecule has 82 valence electrons. The van der Waals surface area contributed by atoms with E-state index in [1.807, 2.05) is 6.92 Å². The van der Waals surface area contributed by atoms with Crippen molar-refractivity contribution in [3.05, 3.63) is 35.6 Å². The molecule has 0 bridgehead atoms. The molecule has 0 aliphatic rings. The molecular formula is C12H16FNO. The van der Waals surface area contributed by atoms with Crippen molar-refractivity contribution in [2.45, 2.75) is 32.2 Å². The van der Waals surface area contributed by atoms with E-state index in [2.05, 4.69) is 0 Å². The molecular weight excluding hydrogens is 193 g/mol. The zero-order valence-electron chi connectivity index (χ0n) is 8.87. The Morgan fingerprint density at radius 3 is 2.73 bits per heavy atom. The minimum absolute atomic E-state index is 0.143. The van der Waals surface area contributed by atoms with Crippen LogP contribution in [0.1, 0.15) is 36.5 Å². The highest BCUT2D eigenvalue weighted by Gasteiger charge is 2.14. The van der Waals surface area contributed by atoms with Crippen LogP contribution in [0.3, 0.4) is 0 Å². The lowest BCUT2D eigenvalue weighted by Crippen LogP contribution is -2.23. The van der Waals surface area contributed by atoms with Gasteiger partial charge in [-0.15, -0.1) is 0 Å². The third-order valence-electron chi connectivity index (χ3n) is 2.28. The van der Waals surface area contributed by atoms with Crippen LogP contribution in [0.4, 0.5) is 4.39 Å². The first kappa shape index (κ1) is 11.9. The Morgan fingerprint density at radius 1 is 1.47 bits per heavy atom. The second kappa shape index (κ2) is 5.61. The van der Waals surface area contributed by atoms with Gasteiger partial charge < -0.3 is 5.73 Å². The number of halogens is 1. The van der Waals surface area contributed by atoms with Gasteiger partial charge in [0.25, 0.3) is 0 Å². The largest absolute Gasteiger partial charge is 0.327 e. The Labute approximate surface area is 89.3 Å². The summed E-state index contributed by atoms with van der Waals surface area (Å²) >= 11 is 0. The lowest BCUT2D eigenvalue weighted by molar-refractivity contribution is 0.0969. The topological polar surface area (TPSA) is 43.1 Å². The van der Waals surface area contributed by atoms with Gasteiger partial charge >= 0.3 is 0 Å². The molecule has 1 atom stereocenters. The van der Waals surface area contributed by atoms with Crippen LogP contribution >= 0.6 is 0 Å². The Hall–Kier alpha value is -1.22. The van der Waals surface area contributed by atoms with Crippen molar-refractivity contribution in [1.82, 2.24) is 0 Å². The average molecular weight is 209 g/mol. The molecule has 1 aromatic carbocycles. The second-order valence-corrected chi connectivity index (χ2v) is 3.66. The molecule has 3 heteroatoms. The molecule has 1 rings (SSSR count). The summed E-state index contributed by atoms with van der Waals surface area (Å²) in [4.78, 5) is 11.6. The number of carbonyl (C=O) groups excluding carboxylic acids is 1. The number of hydrogen-bond donors (Lipinski definition) is 1. The fourth-order valence-electron chi connectivity index (χ4n) is 1.51. The normalized spacial score (nSPS) is 12.5. The molecule has 2 N–H and O–H groups in total. The first-order valence-electron chi connectivity index (χ1n) is 5.18. The molecule has 15 heavy (non-hydrogen) atoms. The fraction of sp³-hybridized carbons (Fsp3) is 0.417. The van der Waals surface area contributed by atoms with E-state index in [4.69, 9.17) is 5.73 Å². The maximum Gasteiger partial charge on any atom is 0.167 e. The van der Waals surface area contributed by atoms with Gasteiger partial charge in [0.05, 0.1) is 5.56 Å². The summed E-state index contributed by atoms with van der Waals surface area (Å²) < 4.78 is 13.2. The monoisotopic (exact) mass is 209 g/mol. The highest BCUT2D eigenvalue weighted by atomic mass is 19.1. The van der Waals surface area contributed by atoms with Crippen LogP contribution < -0.4 is 5.73 Å². The van der Waals surface area contributed by atoms with Crippen LogP contribution in [0, 0.1) is 5.82 Å². The predicted molar refractivity (Wildman–Crippen MR) is 58.2 cm³/mol. The summed E-state index contributed by atoms with van der Waals surface area (Å²) in [5.74, 6) is -0.680. The predicted octanol–water partition coefficient (Wildman–Crippen LogP) is 2.53. The van der Waals surface area contributed by atoms with Crippen LogP contribution in [-0.4, -0.2) is 11.8 Å². The summed E-state index contributed by atoms with van der Waals surface area (Å²) in [6.45, 7) is 2.01. The Bertz CT molecular complexity index is 338. The molecule has 1 aromatic rings. The maximum atomic E-state index is 13.2. The molecule has 0 heterocycles. The molecule has 0 aliphatic carbocycles. The van der Waals surface area contributed by atoms with Gasteiger partial charge in [0.15, 0.2) is 5.78 Å². The van der Waals surface area contributed by atoms with E-state index in [1.165, 1.54) is 12.1 Å². The van der Waals surface area contributed by atoms with Gasteiger partial charge in [0.2, 0.25) is 0 Å². The summed E-state index contributed by atoms with van der Waals surface area (Å²) in [5, 5.41) is 0. The number of ketones is 1. The quantitative estimate of drug-likeness (QED) is 0.757. The van der Waals surface area contributed by atoms with Crippen molar-refractivity contribution in [3.63, 3.8) is 0 Å². The number of rotatable bonds is 5. The van der Waals surface area contributed by atoms with Gasteiger partial charge in [-0.25, -0.2) is 4.39 Å². The van der Waals surface area contributed by atoms with E-state index >= 15 is 0 Å². The molecule has 0 amide bonds. The highest BCUT2D eigenvalue weighted by molar-refractivity contribution is 5.96. The molecule has 0 aromatic heterocycles. The van der Waals surface area contributed by atoms with Crippen molar-refractivity contribution in [2.75, 3.05) is 0 Å². The maximum absolute atomic E-state index is 13.2. The molecule has 0 saturated heterocycles. The van der Waals surface area contributed by atoms with Crippen LogP contribution in [0.5, 0.6) is 0 Å². The third kappa shape index (κ3) is 3.44. The van der Waals surface area contributed by atoms with Gasteiger partial charge in [-0.3, -0.25) is 4.79 Å². The molecule has 2 nitrogen and oxygen atoms in total. The van der Waals surface area contributed by atoms with Crippen molar-refractivity contribution < 1.29 is 9.18 Å². The van der Waals surface area contributed by atoms with E-state index in [0.29, 0.717) is 0 Å². The standard InChI is InChI=1S/C12H16FNO/c1-2-5-9(14)8-12(15)10-6-3-4-7-11(10)13/h3-4,6-7,9H,2,5,8,14H2,1H3. The van der Waals surface area contributed by atoms with Crippen LogP contribution in [-0.2, 0) is 0 Å². The second-order valence-electron chi connectivity index (χ2n) is 3.66. The average Bonchev–Trinajstić information content (AvgIpc) is 2.18. The van der Waals surface area contributed by atoms with Gasteiger partial charge in [-0.1, -0.05) is 25.5 Å². The SMILES string of the molecule is CCCC(N)CC(=O)c1ccccc1F. The highest BCUT2D eigenvalue weighted by Crippen LogP contribution is 2.11. The molecule has 0 fully saturated rings. The molecule has 0 aliphatic heterocycles. The summed E-state index contributed by atoms with van der Waals surface area (Å²) in [6.07, 6.45) is 1.95. The van der Waals surface area contributed by atoms with E-state index < -0.39 is 5.82 Å². The third-order valence-corrected chi connectivity index (χ3v) is 2.28. The van der Waals surface area contributed by atoms with E-state index in [-0.39, 0.29) is 23.8 Å². The number of carbonyl (C=O) groups is 1. The van der Waals surface area contributed by atoms with Crippen molar-refractivity contribution in [2.24, 2.45) is 5.73 Å². The number of benzene rings is 1. The first-order chi connectivity index (χ1) is 7.15. The number of Topliss-reactive ketones (excluding diaryl/α,β-unsaturated/α-hetero) is 1. The fourth-order valence-corrected chi connectivity index (χ4v) is 1.51. The van der Waals surface area contributed by atoms with Gasteiger partial charge in [0, 0.05) is 12.5 Å². The molecule has 1 unspecified atom stereocenters. The zero-order chi connectivity index (χ0) is 11.3. The van der Waals surface area contributed by atoms with Crippen molar-refractivity contribution in [3.8, 4) is 0 Å². The van der Waals surface area contributed by atoms with Crippen LogP contribution in [0.2, 0.25) is 0 Å². The van der Waals surface area contributed by atoms with Gasteiger partial charge in [-0.2, -0.15) is 0 Å². The summed E-state index contributed by atoms with van der Waals surface area (Å²) in [6, 6.07) is 5.84. The van der Waals surface area contributed by atoms with Crippen LogP contribution in [0.15, 0.2) is 24.3 Å². The van der Waals surface area contributed by atoms with Crippen LogP contribution in [0.25, 0.3) is 0 Å². The lowest BCUT2D eigenvalue weighted by atomic mass is 10.0. The number of nitrogens with two attached hydrogens (primary N) is 1. The zero-order valence-corrected chi connectivity index (χ0v) is 8.87. The smallest absolute Gasteiger partial charge is 0.167 e. The van der Waals surface area contributed by atoms with Crippen molar-refractivity contribution in [1.29, 1.82) is 0 Å². The Balaban J connectivity index is 2.65. The lowest BCUT2D eigenvalue weighted by Gasteiger charge is -2.09. The summed E-state index contributed by atoms with van der Waals surface area (Å²) in [5.41, 5.74) is 5.87. The van der Waals surface area contributed by atoms with Gasteiger partial charge in [0.1, 0.15) is 5.82 Å². The molecule has 0 spiro atoms. The minimum atomic E-state index is -0.466. The van der Waals surface area contributed by atoms with E-state index in [0.717, 1.165) is 12.8 Å². The minimum Gasteiger partial charge on any atom is -0.327 e.